The summed E-state index contributed by atoms with van der Waals surface area (Å²) in [5.74, 6) is 1.68. The van der Waals surface area contributed by atoms with Crippen molar-refractivity contribution in [3.8, 4) is 11.5 Å². The molecule has 3 nitrogen and oxygen atoms in total. The van der Waals surface area contributed by atoms with Gasteiger partial charge in [0.1, 0.15) is 0 Å². The van der Waals surface area contributed by atoms with Gasteiger partial charge in [0.2, 0.25) is 0 Å². The predicted molar refractivity (Wildman–Crippen MR) is 91.1 cm³/mol. The van der Waals surface area contributed by atoms with E-state index in [1.54, 1.807) is 7.11 Å². The monoisotopic (exact) mass is 319 g/mol. The molecule has 2 aromatic rings. The predicted octanol–water partition coefficient (Wildman–Crippen LogP) is 4.03. The van der Waals surface area contributed by atoms with Gasteiger partial charge in [0, 0.05) is 10.9 Å². The minimum atomic E-state index is 0.177. The van der Waals surface area contributed by atoms with Crippen molar-refractivity contribution in [3.63, 3.8) is 0 Å². The average Bonchev–Trinajstić information content (AvgIpc) is 2.54. The molecule has 0 bridgehead atoms. The molecule has 0 aliphatic heterocycles. The highest BCUT2D eigenvalue weighted by Crippen LogP contribution is 2.31. The fraction of sp³-hybridized carbons (Fsp3) is 0.333. The summed E-state index contributed by atoms with van der Waals surface area (Å²) < 4.78 is 10.9. The molecule has 118 valence electrons. The summed E-state index contributed by atoms with van der Waals surface area (Å²) in [6.07, 6.45) is 0.809. The van der Waals surface area contributed by atoms with Crippen LogP contribution in [0.1, 0.15) is 24.0 Å². The van der Waals surface area contributed by atoms with E-state index >= 15 is 0 Å². The highest BCUT2D eigenvalue weighted by Gasteiger charge is 2.15. The highest BCUT2D eigenvalue weighted by atomic mass is 35.5. The smallest absolute Gasteiger partial charge is 0.161 e. The molecule has 1 unspecified atom stereocenters. The first-order valence-electron chi connectivity index (χ1n) is 7.43. The van der Waals surface area contributed by atoms with Crippen molar-refractivity contribution in [1.82, 2.24) is 0 Å². The van der Waals surface area contributed by atoms with E-state index in [2.05, 4.69) is 0 Å². The van der Waals surface area contributed by atoms with Gasteiger partial charge in [0.25, 0.3) is 0 Å². The topological polar surface area (TPSA) is 44.5 Å². The number of ether oxygens (including phenoxy) is 2. The second kappa shape index (κ2) is 8.06. The lowest BCUT2D eigenvalue weighted by atomic mass is 9.92. The first-order valence-corrected chi connectivity index (χ1v) is 7.81. The third-order valence-corrected chi connectivity index (χ3v) is 3.98. The molecule has 2 rings (SSSR count). The SMILES string of the molecule is CCOc1ccc(CC(CN)c2ccccc2Cl)cc1OC. The summed E-state index contributed by atoms with van der Waals surface area (Å²) in [6, 6.07) is 13.8. The van der Waals surface area contributed by atoms with E-state index in [4.69, 9.17) is 26.8 Å². The molecule has 0 heterocycles. The lowest BCUT2D eigenvalue weighted by Gasteiger charge is -2.18. The van der Waals surface area contributed by atoms with Crippen LogP contribution < -0.4 is 15.2 Å². The second-order valence-corrected chi connectivity index (χ2v) is 5.48. The number of halogens is 1. The van der Waals surface area contributed by atoms with Crippen molar-refractivity contribution in [2.24, 2.45) is 5.73 Å². The van der Waals surface area contributed by atoms with Crippen molar-refractivity contribution in [2.45, 2.75) is 19.3 Å². The van der Waals surface area contributed by atoms with Crippen LogP contribution >= 0.6 is 11.6 Å². The number of nitrogens with two attached hydrogens (primary N) is 1. The Kier molecular flexibility index (Phi) is 6.10. The van der Waals surface area contributed by atoms with Crippen LogP contribution in [0.15, 0.2) is 42.5 Å². The maximum atomic E-state index is 6.29. The summed E-state index contributed by atoms with van der Waals surface area (Å²) >= 11 is 6.29. The maximum absolute atomic E-state index is 6.29. The number of benzene rings is 2. The van der Waals surface area contributed by atoms with Crippen molar-refractivity contribution in [3.05, 3.63) is 58.6 Å². The lowest BCUT2D eigenvalue weighted by molar-refractivity contribution is 0.310. The van der Waals surface area contributed by atoms with Gasteiger partial charge in [-0.05, 0) is 49.2 Å². The van der Waals surface area contributed by atoms with Crippen molar-refractivity contribution in [2.75, 3.05) is 20.3 Å². The molecule has 1 atom stereocenters. The Morgan fingerprint density at radius 2 is 1.91 bits per heavy atom. The number of hydrogen-bond acceptors (Lipinski definition) is 3. The molecule has 0 amide bonds. The quantitative estimate of drug-likeness (QED) is 0.838. The van der Waals surface area contributed by atoms with Gasteiger partial charge >= 0.3 is 0 Å². The maximum Gasteiger partial charge on any atom is 0.161 e. The van der Waals surface area contributed by atoms with E-state index in [0.29, 0.717) is 13.2 Å². The molecule has 0 aliphatic rings. The first kappa shape index (κ1) is 16.7. The number of rotatable bonds is 7. The Hall–Kier alpha value is -1.71. The summed E-state index contributed by atoms with van der Waals surface area (Å²) in [4.78, 5) is 0. The molecule has 0 spiro atoms. The van der Waals surface area contributed by atoms with Crippen LogP contribution in [0.2, 0.25) is 5.02 Å². The van der Waals surface area contributed by atoms with Crippen LogP contribution in [0, 0.1) is 0 Å². The Labute approximate surface area is 137 Å². The van der Waals surface area contributed by atoms with Gasteiger partial charge in [0.15, 0.2) is 11.5 Å². The minimum Gasteiger partial charge on any atom is -0.493 e. The van der Waals surface area contributed by atoms with Gasteiger partial charge in [-0.15, -0.1) is 0 Å². The normalized spacial score (nSPS) is 12.0. The summed E-state index contributed by atoms with van der Waals surface area (Å²) in [5, 5.41) is 0.760. The molecule has 0 saturated carbocycles. The zero-order valence-corrected chi connectivity index (χ0v) is 13.8. The average molecular weight is 320 g/mol. The van der Waals surface area contributed by atoms with Gasteiger partial charge in [-0.1, -0.05) is 35.9 Å². The zero-order chi connectivity index (χ0) is 15.9. The zero-order valence-electron chi connectivity index (χ0n) is 13.0. The van der Waals surface area contributed by atoms with E-state index < -0.39 is 0 Å². The minimum absolute atomic E-state index is 0.177. The first-order chi connectivity index (χ1) is 10.7. The van der Waals surface area contributed by atoms with E-state index in [-0.39, 0.29) is 5.92 Å². The van der Waals surface area contributed by atoms with Crippen LogP contribution in [0.4, 0.5) is 0 Å². The molecule has 0 saturated heterocycles. The third kappa shape index (κ3) is 3.93. The second-order valence-electron chi connectivity index (χ2n) is 5.08. The lowest BCUT2D eigenvalue weighted by Crippen LogP contribution is -2.15. The Balaban J connectivity index is 2.23. The number of hydrogen-bond donors (Lipinski definition) is 1. The molecule has 22 heavy (non-hydrogen) atoms. The van der Waals surface area contributed by atoms with Crippen molar-refractivity contribution < 1.29 is 9.47 Å². The largest absolute Gasteiger partial charge is 0.493 e. The molecular formula is C18H22ClNO2. The van der Waals surface area contributed by atoms with E-state index in [1.807, 2.05) is 49.4 Å². The highest BCUT2D eigenvalue weighted by molar-refractivity contribution is 6.31. The van der Waals surface area contributed by atoms with Gasteiger partial charge in [-0.25, -0.2) is 0 Å². The van der Waals surface area contributed by atoms with Crippen LogP contribution in [0.5, 0.6) is 11.5 Å². The van der Waals surface area contributed by atoms with E-state index in [9.17, 15) is 0 Å². The Morgan fingerprint density at radius 1 is 1.14 bits per heavy atom. The Morgan fingerprint density at radius 3 is 2.55 bits per heavy atom. The van der Waals surface area contributed by atoms with Gasteiger partial charge in [-0.2, -0.15) is 0 Å². The summed E-state index contributed by atoms with van der Waals surface area (Å²) in [5.41, 5.74) is 8.19. The van der Waals surface area contributed by atoms with Crippen molar-refractivity contribution in [1.29, 1.82) is 0 Å². The summed E-state index contributed by atoms with van der Waals surface area (Å²) in [6.45, 7) is 3.11. The Bertz CT molecular complexity index is 616. The molecule has 2 N–H and O–H groups in total. The third-order valence-electron chi connectivity index (χ3n) is 3.64. The molecular weight excluding hydrogens is 298 g/mol. The van der Waals surface area contributed by atoms with Crippen LogP contribution in [0.25, 0.3) is 0 Å². The molecule has 2 aromatic carbocycles. The van der Waals surface area contributed by atoms with Crippen LogP contribution in [-0.4, -0.2) is 20.3 Å². The molecule has 0 radical (unpaired) electrons. The fourth-order valence-electron chi connectivity index (χ4n) is 2.52. The van der Waals surface area contributed by atoms with Crippen LogP contribution in [-0.2, 0) is 6.42 Å². The van der Waals surface area contributed by atoms with E-state index in [0.717, 1.165) is 34.1 Å². The fourth-order valence-corrected chi connectivity index (χ4v) is 2.81. The van der Waals surface area contributed by atoms with Crippen LogP contribution in [0.3, 0.4) is 0 Å². The standard InChI is InChI=1S/C18H22ClNO2/c1-3-22-17-9-8-13(11-18(17)21-2)10-14(12-20)15-6-4-5-7-16(15)19/h4-9,11,14H,3,10,12,20H2,1-2H3. The van der Waals surface area contributed by atoms with Crippen molar-refractivity contribution >= 4 is 11.6 Å². The van der Waals surface area contributed by atoms with Gasteiger partial charge in [-0.3, -0.25) is 0 Å². The molecule has 0 aromatic heterocycles. The molecule has 0 fully saturated rings. The van der Waals surface area contributed by atoms with Gasteiger partial charge in [0.05, 0.1) is 13.7 Å². The number of methoxy groups -OCH3 is 1. The molecule has 4 heteroatoms. The van der Waals surface area contributed by atoms with Gasteiger partial charge < -0.3 is 15.2 Å². The van der Waals surface area contributed by atoms with E-state index in [1.165, 1.54) is 0 Å². The summed E-state index contributed by atoms with van der Waals surface area (Å²) in [7, 11) is 1.65. The molecule has 0 aliphatic carbocycles.